The number of aromatic nitrogens is 3. The third-order valence-electron chi connectivity index (χ3n) is 5.58. The number of hydrogen-bond acceptors (Lipinski definition) is 8. The number of rotatable bonds is 8. The minimum Gasteiger partial charge on any atom is -0.497 e. The second-order valence-corrected chi connectivity index (χ2v) is 9.13. The van der Waals surface area contributed by atoms with Crippen LogP contribution in [0.25, 0.3) is 5.69 Å². The fourth-order valence-corrected chi connectivity index (χ4v) is 4.55. The average Bonchev–Trinajstić information content (AvgIpc) is 3.27. The van der Waals surface area contributed by atoms with Crippen molar-refractivity contribution in [1.82, 2.24) is 14.8 Å². The smallest absolute Gasteiger partial charge is 0.237 e. The first-order valence-corrected chi connectivity index (χ1v) is 11.9. The van der Waals surface area contributed by atoms with Gasteiger partial charge in [-0.15, -0.1) is 10.2 Å². The Bertz CT molecular complexity index is 1150. The highest BCUT2D eigenvalue weighted by Crippen LogP contribution is 2.33. The molecule has 2 heterocycles. The van der Waals surface area contributed by atoms with Gasteiger partial charge >= 0.3 is 0 Å². The first-order chi connectivity index (χ1) is 16.5. The number of aryl methyl sites for hydroxylation is 1. The predicted octanol–water partition coefficient (Wildman–Crippen LogP) is 3.55. The Labute approximate surface area is 203 Å². The van der Waals surface area contributed by atoms with Crippen molar-refractivity contribution in [3.8, 4) is 17.2 Å². The van der Waals surface area contributed by atoms with E-state index in [0.717, 1.165) is 30.3 Å². The second kappa shape index (κ2) is 10.8. The van der Waals surface area contributed by atoms with Crippen LogP contribution in [0.1, 0.15) is 12.5 Å². The molecule has 1 atom stereocenters. The summed E-state index contributed by atoms with van der Waals surface area (Å²) in [6.45, 7) is 6.66. The summed E-state index contributed by atoms with van der Waals surface area (Å²) in [6, 6.07) is 13.4. The van der Waals surface area contributed by atoms with Crippen molar-refractivity contribution < 1.29 is 19.0 Å². The summed E-state index contributed by atoms with van der Waals surface area (Å²) in [5.74, 6) is 1.76. The van der Waals surface area contributed by atoms with Crippen molar-refractivity contribution in [3.05, 3.63) is 48.0 Å². The van der Waals surface area contributed by atoms with Crippen molar-refractivity contribution in [3.63, 3.8) is 0 Å². The van der Waals surface area contributed by atoms with Crippen LogP contribution in [0, 0.1) is 6.92 Å². The molecule has 0 saturated carbocycles. The topological polar surface area (TPSA) is 90.7 Å². The van der Waals surface area contributed by atoms with Crippen molar-refractivity contribution in [2.24, 2.45) is 0 Å². The summed E-state index contributed by atoms with van der Waals surface area (Å²) in [5.41, 5.74) is 2.63. The summed E-state index contributed by atoms with van der Waals surface area (Å²) in [4.78, 5) is 15.3. The lowest BCUT2D eigenvalue weighted by atomic mass is 10.2. The largest absolute Gasteiger partial charge is 0.497 e. The van der Waals surface area contributed by atoms with Crippen molar-refractivity contribution in [1.29, 1.82) is 0 Å². The van der Waals surface area contributed by atoms with Crippen LogP contribution in [-0.4, -0.2) is 66.4 Å². The van der Waals surface area contributed by atoms with Crippen LogP contribution in [0.4, 0.5) is 11.6 Å². The van der Waals surface area contributed by atoms with E-state index in [2.05, 4.69) is 33.4 Å². The molecule has 0 aliphatic carbocycles. The minimum atomic E-state index is -0.444. The molecule has 34 heavy (non-hydrogen) atoms. The van der Waals surface area contributed by atoms with Gasteiger partial charge in [-0.05, 0) is 37.6 Å². The van der Waals surface area contributed by atoms with E-state index in [9.17, 15) is 4.79 Å². The van der Waals surface area contributed by atoms with Crippen molar-refractivity contribution in [2.45, 2.75) is 24.3 Å². The maximum atomic E-state index is 13.1. The molecule has 1 fully saturated rings. The molecular formula is C24H29N5O4S. The van der Waals surface area contributed by atoms with Gasteiger partial charge in [0.1, 0.15) is 11.5 Å². The molecule has 1 N–H and O–H groups in total. The molecule has 0 unspecified atom stereocenters. The molecule has 2 aromatic carbocycles. The standard InChI is InChI=1S/C24H29N5O4S/c1-16-7-5-6-8-20(16)29-23(28-11-13-33-14-12-28)26-27-24(29)34-17(2)22(30)25-19-15-18(31-3)9-10-21(19)32-4/h5-10,15,17H,11-14H2,1-4H3,(H,25,30)/t17-/m1/s1. The van der Waals surface area contributed by atoms with E-state index in [1.54, 1.807) is 32.4 Å². The number of anilines is 2. The predicted molar refractivity (Wildman–Crippen MR) is 133 cm³/mol. The first kappa shape index (κ1) is 23.9. The molecule has 180 valence electrons. The monoisotopic (exact) mass is 483 g/mol. The number of thioether (sulfide) groups is 1. The molecule has 0 radical (unpaired) electrons. The maximum absolute atomic E-state index is 13.1. The quantitative estimate of drug-likeness (QED) is 0.487. The molecule has 9 nitrogen and oxygen atoms in total. The molecule has 0 spiro atoms. The van der Waals surface area contributed by atoms with Crippen LogP contribution in [0.5, 0.6) is 11.5 Å². The zero-order chi connectivity index (χ0) is 24.1. The lowest BCUT2D eigenvalue weighted by molar-refractivity contribution is -0.115. The summed E-state index contributed by atoms with van der Waals surface area (Å²) < 4.78 is 18.2. The number of morpholine rings is 1. The minimum absolute atomic E-state index is 0.177. The lowest BCUT2D eigenvalue weighted by Gasteiger charge is -2.28. The van der Waals surface area contributed by atoms with E-state index in [1.165, 1.54) is 11.8 Å². The highest BCUT2D eigenvalue weighted by molar-refractivity contribution is 8.00. The van der Waals surface area contributed by atoms with Crippen molar-refractivity contribution in [2.75, 3.05) is 50.7 Å². The van der Waals surface area contributed by atoms with E-state index in [1.807, 2.05) is 29.7 Å². The highest BCUT2D eigenvalue weighted by Gasteiger charge is 2.26. The summed E-state index contributed by atoms with van der Waals surface area (Å²) >= 11 is 1.36. The number of hydrogen-bond donors (Lipinski definition) is 1. The Hall–Kier alpha value is -3.24. The highest BCUT2D eigenvalue weighted by atomic mass is 32.2. The van der Waals surface area contributed by atoms with Crippen LogP contribution in [0.2, 0.25) is 0 Å². The lowest BCUT2D eigenvalue weighted by Crippen LogP contribution is -2.38. The molecule has 1 aliphatic rings. The third kappa shape index (κ3) is 5.13. The molecule has 0 bridgehead atoms. The van der Waals surface area contributed by atoms with Gasteiger partial charge in [0.15, 0.2) is 5.16 Å². The number of benzene rings is 2. The number of nitrogens with one attached hydrogen (secondary N) is 1. The zero-order valence-electron chi connectivity index (χ0n) is 19.8. The molecule has 1 aliphatic heterocycles. The van der Waals surface area contributed by atoms with Gasteiger partial charge in [0.2, 0.25) is 11.9 Å². The van der Waals surface area contributed by atoms with E-state index in [4.69, 9.17) is 14.2 Å². The molecule has 3 aromatic rings. The van der Waals surface area contributed by atoms with Crippen LogP contribution >= 0.6 is 11.8 Å². The summed E-state index contributed by atoms with van der Waals surface area (Å²) in [5, 5.41) is 12.1. The fraction of sp³-hybridized carbons (Fsp3) is 0.375. The number of amides is 1. The van der Waals surface area contributed by atoms with E-state index >= 15 is 0 Å². The van der Waals surface area contributed by atoms with Crippen LogP contribution < -0.4 is 19.7 Å². The third-order valence-corrected chi connectivity index (χ3v) is 6.63. The van der Waals surface area contributed by atoms with E-state index in [0.29, 0.717) is 35.6 Å². The van der Waals surface area contributed by atoms with Gasteiger partial charge in [-0.3, -0.25) is 9.36 Å². The van der Waals surface area contributed by atoms with Crippen LogP contribution in [-0.2, 0) is 9.53 Å². The van der Waals surface area contributed by atoms with Gasteiger partial charge in [0.25, 0.3) is 0 Å². The zero-order valence-corrected chi connectivity index (χ0v) is 20.6. The summed E-state index contributed by atoms with van der Waals surface area (Å²) in [7, 11) is 3.14. The van der Waals surface area contributed by atoms with Gasteiger partial charge in [-0.25, -0.2) is 0 Å². The molecule has 1 aromatic heterocycles. The average molecular weight is 484 g/mol. The number of para-hydroxylation sites is 1. The maximum Gasteiger partial charge on any atom is 0.237 e. The Kier molecular flexibility index (Phi) is 7.59. The van der Waals surface area contributed by atoms with Gasteiger partial charge in [0.05, 0.1) is 44.1 Å². The van der Waals surface area contributed by atoms with Gasteiger partial charge in [0, 0.05) is 19.2 Å². The molecule has 4 rings (SSSR count). The Morgan fingerprint density at radius 1 is 1.12 bits per heavy atom. The van der Waals surface area contributed by atoms with Crippen LogP contribution in [0.15, 0.2) is 47.6 Å². The first-order valence-electron chi connectivity index (χ1n) is 11.1. The molecular weight excluding hydrogens is 454 g/mol. The molecule has 1 amide bonds. The number of methoxy groups -OCH3 is 2. The second-order valence-electron chi connectivity index (χ2n) is 7.82. The molecule has 1 saturated heterocycles. The molecule has 10 heteroatoms. The number of nitrogens with zero attached hydrogens (tertiary/aromatic N) is 4. The SMILES string of the molecule is COc1ccc(OC)c(NC(=O)[C@@H](C)Sc2nnc(N3CCOCC3)n2-c2ccccc2C)c1. The van der Waals surface area contributed by atoms with Gasteiger partial charge < -0.3 is 24.4 Å². The Morgan fingerprint density at radius 3 is 2.59 bits per heavy atom. The number of ether oxygens (including phenoxy) is 3. The van der Waals surface area contributed by atoms with E-state index < -0.39 is 5.25 Å². The van der Waals surface area contributed by atoms with E-state index in [-0.39, 0.29) is 5.91 Å². The summed E-state index contributed by atoms with van der Waals surface area (Å²) in [6.07, 6.45) is 0. The van der Waals surface area contributed by atoms with Gasteiger partial charge in [-0.1, -0.05) is 30.0 Å². The number of carbonyl (C=O) groups excluding carboxylic acids is 1. The fourth-order valence-electron chi connectivity index (χ4n) is 3.69. The Morgan fingerprint density at radius 2 is 1.88 bits per heavy atom. The van der Waals surface area contributed by atoms with Crippen molar-refractivity contribution >= 4 is 29.3 Å². The van der Waals surface area contributed by atoms with Gasteiger partial charge in [-0.2, -0.15) is 0 Å². The number of carbonyl (C=O) groups is 1. The Balaban J connectivity index is 1.60. The van der Waals surface area contributed by atoms with Crippen LogP contribution in [0.3, 0.4) is 0 Å². The normalized spacial score (nSPS) is 14.5.